The molecule has 1 heterocycles. The molecular weight excluding hydrogens is 220 g/mol. The Hall–Kier alpha value is -1.28. The van der Waals surface area contributed by atoms with Gasteiger partial charge in [0.1, 0.15) is 0 Å². The van der Waals surface area contributed by atoms with Crippen molar-refractivity contribution in [3.8, 4) is 0 Å². The van der Waals surface area contributed by atoms with E-state index in [-0.39, 0.29) is 0 Å². The lowest BCUT2D eigenvalue weighted by Crippen LogP contribution is -2.07. The molecule has 0 radical (unpaired) electrons. The monoisotopic (exact) mass is 244 g/mol. The second-order valence-corrected chi connectivity index (χ2v) is 4.96. The third kappa shape index (κ3) is 2.94. The van der Waals surface area contributed by atoms with Gasteiger partial charge in [0.05, 0.1) is 0 Å². The van der Waals surface area contributed by atoms with Gasteiger partial charge in [0, 0.05) is 24.3 Å². The number of nitrogens with zero attached hydrogens (tertiary/aromatic N) is 1. The Morgan fingerprint density at radius 1 is 1.06 bits per heavy atom. The molecule has 2 rings (SSSR count). The van der Waals surface area contributed by atoms with Crippen LogP contribution in [0.3, 0.4) is 0 Å². The van der Waals surface area contributed by atoms with Crippen LogP contribution >= 0.6 is 0 Å². The van der Waals surface area contributed by atoms with Gasteiger partial charge in [0.25, 0.3) is 0 Å². The van der Waals surface area contributed by atoms with Crippen LogP contribution in [0.15, 0.2) is 30.3 Å². The van der Waals surface area contributed by atoms with E-state index >= 15 is 0 Å². The summed E-state index contributed by atoms with van der Waals surface area (Å²) in [7, 11) is 0. The molecule has 1 aromatic carbocycles. The van der Waals surface area contributed by atoms with Crippen molar-refractivity contribution >= 4 is 10.9 Å². The zero-order valence-corrected chi connectivity index (χ0v) is 11.4. The predicted octanol–water partition coefficient (Wildman–Crippen LogP) is 4.07. The molecule has 0 unspecified atom stereocenters. The average molecular weight is 244 g/mol. The van der Waals surface area contributed by atoms with E-state index in [9.17, 15) is 0 Å². The number of nitrogens with two attached hydrogens (primary N) is 1. The summed E-state index contributed by atoms with van der Waals surface area (Å²) in [5, 5.41) is 1.31. The van der Waals surface area contributed by atoms with Gasteiger partial charge in [0.2, 0.25) is 0 Å². The lowest BCUT2D eigenvalue weighted by Gasteiger charge is -2.09. The van der Waals surface area contributed by atoms with E-state index in [1.54, 1.807) is 0 Å². The second-order valence-electron chi connectivity index (χ2n) is 4.96. The smallest absolute Gasteiger partial charge is 0.0482 e. The SMILES string of the molecule is CCCCCCCn1c(CN)cc2ccccc21. The summed E-state index contributed by atoms with van der Waals surface area (Å²) in [6.45, 7) is 3.99. The molecule has 2 aromatic rings. The summed E-state index contributed by atoms with van der Waals surface area (Å²) in [5.74, 6) is 0. The molecule has 0 aliphatic rings. The van der Waals surface area contributed by atoms with Crippen molar-refractivity contribution in [3.63, 3.8) is 0 Å². The number of benzene rings is 1. The molecule has 0 aliphatic heterocycles. The van der Waals surface area contributed by atoms with Crippen LogP contribution in [-0.4, -0.2) is 4.57 Å². The minimum atomic E-state index is 0.629. The zero-order chi connectivity index (χ0) is 12.8. The van der Waals surface area contributed by atoms with Gasteiger partial charge in [0.15, 0.2) is 0 Å². The Kier molecular flexibility index (Phi) is 4.82. The van der Waals surface area contributed by atoms with E-state index in [1.807, 2.05) is 0 Å². The number of aryl methyl sites for hydroxylation is 1. The number of fused-ring (bicyclic) bond motifs is 1. The fraction of sp³-hybridized carbons (Fsp3) is 0.500. The first-order valence-electron chi connectivity index (χ1n) is 7.14. The van der Waals surface area contributed by atoms with E-state index in [0.717, 1.165) is 6.54 Å². The Labute approximate surface area is 110 Å². The van der Waals surface area contributed by atoms with E-state index in [4.69, 9.17) is 5.73 Å². The summed E-state index contributed by atoms with van der Waals surface area (Å²) >= 11 is 0. The zero-order valence-electron chi connectivity index (χ0n) is 11.4. The number of unbranched alkanes of at least 4 members (excludes halogenated alkanes) is 4. The molecule has 98 valence electrons. The Morgan fingerprint density at radius 3 is 2.61 bits per heavy atom. The molecule has 2 heteroatoms. The Balaban J connectivity index is 2.06. The first-order chi connectivity index (χ1) is 8.86. The maximum Gasteiger partial charge on any atom is 0.0482 e. The maximum atomic E-state index is 5.85. The molecule has 2 N–H and O–H groups in total. The third-order valence-electron chi connectivity index (χ3n) is 3.59. The highest BCUT2D eigenvalue weighted by Crippen LogP contribution is 2.20. The van der Waals surface area contributed by atoms with Crippen LogP contribution in [0.2, 0.25) is 0 Å². The summed E-state index contributed by atoms with van der Waals surface area (Å²) in [5.41, 5.74) is 8.43. The second kappa shape index (κ2) is 6.60. The molecule has 1 aromatic heterocycles. The van der Waals surface area contributed by atoms with Crippen LogP contribution in [0.1, 0.15) is 44.7 Å². The standard InChI is InChI=1S/C16H24N2/c1-2-3-4-5-8-11-18-15(13-17)12-14-9-6-7-10-16(14)18/h6-7,9-10,12H,2-5,8,11,13,17H2,1H3. The minimum Gasteiger partial charge on any atom is -0.343 e. The van der Waals surface area contributed by atoms with Gasteiger partial charge in [-0.05, 0) is 23.9 Å². The molecule has 0 fully saturated rings. The van der Waals surface area contributed by atoms with E-state index < -0.39 is 0 Å². The van der Waals surface area contributed by atoms with Gasteiger partial charge >= 0.3 is 0 Å². The molecule has 0 aliphatic carbocycles. The maximum absolute atomic E-state index is 5.85. The van der Waals surface area contributed by atoms with Crippen molar-refractivity contribution in [1.82, 2.24) is 4.57 Å². The van der Waals surface area contributed by atoms with E-state index in [1.165, 1.54) is 48.7 Å². The summed E-state index contributed by atoms with van der Waals surface area (Å²) in [4.78, 5) is 0. The summed E-state index contributed by atoms with van der Waals surface area (Å²) < 4.78 is 2.39. The van der Waals surface area contributed by atoms with Gasteiger partial charge in [-0.2, -0.15) is 0 Å². The topological polar surface area (TPSA) is 30.9 Å². The van der Waals surface area contributed by atoms with Gasteiger partial charge in [-0.1, -0.05) is 50.8 Å². The molecule has 0 amide bonds. The van der Waals surface area contributed by atoms with Crippen LogP contribution in [0.25, 0.3) is 10.9 Å². The number of hydrogen-bond donors (Lipinski definition) is 1. The molecule has 0 spiro atoms. The van der Waals surface area contributed by atoms with Crippen molar-refractivity contribution in [2.45, 2.75) is 52.1 Å². The van der Waals surface area contributed by atoms with Crippen LogP contribution < -0.4 is 5.73 Å². The van der Waals surface area contributed by atoms with Gasteiger partial charge in [-0.15, -0.1) is 0 Å². The lowest BCUT2D eigenvalue weighted by molar-refractivity contribution is 0.567. The molecule has 0 saturated heterocycles. The van der Waals surface area contributed by atoms with E-state index in [0.29, 0.717) is 6.54 Å². The van der Waals surface area contributed by atoms with E-state index in [2.05, 4.69) is 41.8 Å². The highest BCUT2D eigenvalue weighted by atomic mass is 15.0. The first kappa shape index (κ1) is 13.2. The van der Waals surface area contributed by atoms with Crippen molar-refractivity contribution in [2.75, 3.05) is 0 Å². The van der Waals surface area contributed by atoms with Gasteiger partial charge in [-0.25, -0.2) is 0 Å². The van der Waals surface area contributed by atoms with Crippen LogP contribution in [0.4, 0.5) is 0 Å². The normalized spacial score (nSPS) is 11.2. The van der Waals surface area contributed by atoms with Crippen LogP contribution in [0.5, 0.6) is 0 Å². The third-order valence-corrected chi connectivity index (χ3v) is 3.59. The highest BCUT2D eigenvalue weighted by Gasteiger charge is 2.06. The first-order valence-corrected chi connectivity index (χ1v) is 7.14. The molecule has 0 saturated carbocycles. The van der Waals surface area contributed by atoms with Gasteiger partial charge in [-0.3, -0.25) is 0 Å². The Morgan fingerprint density at radius 2 is 1.83 bits per heavy atom. The van der Waals surface area contributed by atoms with Gasteiger partial charge < -0.3 is 10.3 Å². The minimum absolute atomic E-state index is 0.629. The average Bonchev–Trinajstić information content (AvgIpc) is 2.77. The molecule has 0 atom stereocenters. The highest BCUT2D eigenvalue weighted by molar-refractivity contribution is 5.81. The summed E-state index contributed by atoms with van der Waals surface area (Å²) in [6.07, 6.45) is 6.60. The number of aromatic nitrogens is 1. The number of rotatable bonds is 7. The lowest BCUT2D eigenvalue weighted by atomic mass is 10.1. The number of para-hydroxylation sites is 1. The van der Waals surface area contributed by atoms with Crippen molar-refractivity contribution in [1.29, 1.82) is 0 Å². The molecule has 18 heavy (non-hydrogen) atoms. The van der Waals surface area contributed by atoms with Crippen molar-refractivity contribution in [2.24, 2.45) is 5.73 Å². The van der Waals surface area contributed by atoms with Crippen LogP contribution in [-0.2, 0) is 13.1 Å². The molecule has 2 nitrogen and oxygen atoms in total. The van der Waals surface area contributed by atoms with Crippen molar-refractivity contribution < 1.29 is 0 Å². The van der Waals surface area contributed by atoms with Crippen LogP contribution in [0, 0.1) is 0 Å². The fourth-order valence-electron chi connectivity index (χ4n) is 2.57. The quantitative estimate of drug-likeness (QED) is 0.731. The molecule has 0 bridgehead atoms. The van der Waals surface area contributed by atoms with Crippen molar-refractivity contribution in [3.05, 3.63) is 36.0 Å². The molecular formula is C16H24N2. The Bertz CT molecular complexity index is 485. The summed E-state index contributed by atoms with van der Waals surface area (Å²) in [6, 6.07) is 10.8. The predicted molar refractivity (Wildman–Crippen MR) is 78.6 cm³/mol. The number of hydrogen-bond acceptors (Lipinski definition) is 1. The largest absolute Gasteiger partial charge is 0.343 e. The fourth-order valence-corrected chi connectivity index (χ4v) is 2.57.